The summed E-state index contributed by atoms with van der Waals surface area (Å²) in [6, 6.07) is 24.7. The van der Waals surface area contributed by atoms with Crippen LogP contribution in [0.15, 0.2) is 82.6 Å². The minimum absolute atomic E-state index is 0.183. The molecule has 0 amide bonds. The molecule has 0 N–H and O–H groups in total. The molecule has 0 radical (unpaired) electrons. The van der Waals surface area contributed by atoms with Crippen molar-refractivity contribution in [2.45, 2.75) is 62.2 Å². The van der Waals surface area contributed by atoms with E-state index in [4.69, 9.17) is 18.9 Å². The first kappa shape index (κ1) is 33.8. The summed E-state index contributed by atoms with van der Waals surface area (Å²) >= 11 is 1.79. The lowest BCUT2D eigenvalue weighted by Crippen LogP contribution is -2.17. The van der Waals surface area contributed by atoms with Crippen molar-refractivity contribution in [2.24, 2.45) is 0 Å². The van der Waals surface area contributed by atoms with E-state index in [9.17, 15) is 0 Å². The van der Waals surface area contributed by atoms with Crippen LogP contribution in [0.1, 0.15) is 74.9 Å². The molecule has 4 rings (SSSR count). The molecule has 0 aliphatic rings. The van der Waals surface area contributed by atoms with E-state index in [0.717, 1.165) is 55.0 Å². The Morgan fingerprint density at radius 3 is 1.09 bits per heavy atom. The van der Waals surface area contributed by atoms with Crippen LogP contribution in [0.25, 0.3) is 24.3 Å². The van der Waals surface area contributed by atoms with Gasteiger partial charge in [0.05, 0.1) is 28.4 Å². The van der Waals surface area contributed by atoms with Crippen LogP contribution in [0, 0.1) is 0 Å². The largest absolute Gasteiger partial charge is 0.497 e. The monoisotopic (exact) mass is 622 g/mol. The van der Waals surface area contributed by atoms with Crippen molar-refractivity contribution in [3.8, 4) is 23.0 Å². The maximum absolute atomic E-state index is 5.99. The highest BCUT2D eigenvalue weighted by Crippen LogP contribution is 2.49. The van der Waals surface area contributed by atoms with Gasteiger partial charge in [0.15, 0.2) is 0 Å². The molecule has 0 bridgehead atoms. The normalized spacial score (nSPS) is 12.1. The summed E-state index contributed by atoms with van der Waals surface area (Å²) < 4.78 is 22.7. The standard InChI is InChI=1S/C40H46O4S/c1-39(2,3)35-33(43-9)25-19-29(17-11-27-13-21-31(41-7)22-14-27)37(35)45-38-30(18-12-28-15-23-32(42-8)24-16-28)20-26-34(44-10)36(38)40(4,5)6/h11-26H,1-10H3/b17-11+,18-12+. The first-order chi connectivity index (χ1) is 21.4. The average Bonchev–Trinajstić information content (AvgIpc) is 3.02. The molecule has 0 aromatic heterocycles. The Morgan fingerprint density at radius 2 is 0.800 bits per heavy atom. The van der Waals surface area contributed by atoms with E-state index in [-0.39, 0.29) is 10.8 Å². The van der Waals surface area contributed by atoms with Gasteiger partial charge in [0, 0.05) is 20.9 Å². The number of rotatable bonds is 10. The fourth-order valence-electron chi connectivity index (χ4n) is 5.31. The predicted molar refractivity (Wildman–Crippen MR) is 191 cm³/mol. The average molecular weight is 623 g/mol. The van der Waals surface area contributed by atoms with Gasteiger partial charge in [0.1, 0.15) is 23.0 Å². The Labute approximate surface area is 274 Å². The van der Waals surface area contributed by atoms with E-state index in [2.05, 4.69) is 114 Å². The maximum atomic E-state index is 5.99. The van der Waals surface area contributed by atoms with Crippen LogP contribution in [0.5, 0.6) is 23.0 Å². The molecule has 0 aliphatic heterocycles. The van der Waals surface area contributed by atoms with Crippen LogP contribution in [-0.4, -0.2) is 28.4 Å². The van der Waals surface area contributed by atoms with Gasteiger partial charge in [0.2, 0.25) is 0 Å². The molecule has 0 fully saturated rings. The summed E-state index contributed by atoms with van der Waals surface area (Å²) in [6.45, 7) is 13.5. The van der Waals surface area contributed by atoms with Crippen molar-refractivity contribution in [1.82, 2.24) is 0 Å². The first-order valence-electron chi connectivity index (χ1n) is 15.1. The second kappa shape index (κ2) is 14.3. The van der Waals surface area contributed by atoms with Crippen molar-refractivity contribution < 1.29 is 18.9 Å². The number of hydrogen-bond acceptors (Lipinski definition) is 5. The van der Waals surface area contributed by atoms with Gasteiger partial charge in [-0.25, -0.2) is 0 Å². The van der Waals surface area contributed by atoms with Crippen LogP contribution in [-0.2, 0) is 10.8 Å². The molecule has 0 saturated carbocycles. The Hall–Kier alpha value is -4.09. The van der Waals surface area contributed by atoms with Gasteiger partial charge in [-0.05, 0) is 69.5 Å². The van der Waals surface area contributed by atoms with E-state index in [0.29, 0.717) is 0 Å². The molecule has 0 atom stereocenters. The van der Waals surface area contributed by atoms with Crippen LogP contribution in [0.4, 0.5) is 0 Å². The number of methoxy groups -OCH3 is 4. The second-order valence-electron chi connectivity index (χ2n) is 12.9. The van der Waals surface area contributed by atoms with Crippen LogP contribution in [0.2, 0.25) is 0 Å². The highest BCUT2D eigenvalue weighted by molar-refractivity contribution is 7.99. The van der Waals surface area contributed by atoms with Gasteiger partial charge in [0.25, 0.3) is 0 Å². The SMILES string of the molecule is COc1ccc(/C=C/c2ccc(OC)c(C(C)(C)C)c2Sc2c(/C=C/c3ccc(OC)cc3)ccc(OC)c2C(C)(C)C)cc1. The van der Waals surface area contributed by atoms with Crippen LogP contribution >= 0.6 is 11.8 Å². The van der Waals surface area contributed by atoms with E-state index in [1.807, 2.05) is 24.3 Å². The smallest absolute Gasteiger partial charge is 0.123 e. The number of hydrogen-bond donors (Lipinski definition) is 0. The van der Waals surface area contributed by atoms with E-state index >= 15 is 0 Å². The van der Waals surface area contributed by atoms with Crippen molar-refractivity contribution in [2.75, 3.05) is 28.4 Å². The van der Waals surface area contributed by atoms with Crippen LogP contribution < -0.4 is 18.9 Å². The molecule has 4 aromatic carbocycles. The molecule has 5 heteroatoms. The predicted octanol–water partition coefficient (Wildman–Crippen LogP) is 10.8. The summed E-state index contributed by atoms with van der Waals surface area (Å²) in [4.78, 5) is 2.31. The Kier molecular flexibility index (Phi) is 10.8. The quantitative estimate of drug-likeness (QED) is 0.165. The topological polar surface area (TPSA) is 36.9 Å². The molecular weight excluding hydrogens is 577 g/mol. The highest BCUT2D eigenvalue weighted by Gasteiger charge is 2.30. The van der Waals surface area contributed by atoms with Gasteiger partial charge in [-0.15, -0.1) is 0 Å². The second-order valence-corrected chi connectivity index (χ2v) is 14.0. The summed E-state index contributed by atoms with van der Waals surface area (Å²) in [5.41, 5.74) is 6.40. The number of ether oxygens (including phenoxy) is 4. The Balaban J connectivity index is 1.95. The minimum atomic E-state index is -0.183. The van der Waals surface area contributed by atoms with E-state index in [1.54, 1.807) is 40.2 Å². The lowest BCUT2D eigenvalue weighted by Gasteiger charge is -2.30. The fourth-order valence-corrected chi connectivity index (χ4v) is 7.04. The molecule has 0 saturated heterocycles. The van der Waals surface area contributed by atoms with Gasteiger partial charge in [-0.3, -0.25) is 0 Å². The lowest BCUT2D eigenvalue weighted by molar-refractivity contribution is 0.393. The highest BCUT2D eigenvalue weighted by atomic mass is 32.2. The summed E-state index contributed by atoms with van der Waals surface area (Å²) in [5, 5.41) is 0. The van der Waals surface area contributed by atoms with Gasteiger partial charge in [-0.1, -0.05) is 114 Å². The van der Waals surface area contributed by atoms with Crippen LogP contribution in [0.3, 0.4) is 0 Å². The van der Waals surface area contributed by atoms with E-state index < -0.39 is 0 Å². The van der Waals surface area contributed by atoms with Crippen molar-refractivity contribution in [3.05, 3.63) is 106 Å². The third-order valence-corrected chi connectivity index (χ3v) is 8.87. The summed E-state index contributed by atoms with van der Waals surface area (Å²) in [5.74, 6) is 3.43. The zero-order valence-corrected chi connectivity index (χ0v) is 29.1. The summed E-state index contributed by atoms with van der Waals surface area (Å²) in [7, 11) is 6.87. The molecule has 45 heavy (non-hydrogen) atoms. The maximum Gasteiger partial charge on any atom is 0.123 e. The zero-order valence-electron chi connectivity index (χ0n) is 28.3. The molecule has 0 aliphatic carbocycles. The van der Waals surface area contributed by atoms with E-state index in [1.165, 1.54) is 11.1 Å². The number of benzene rings is 4. The van der Waals surface area contributed by atoms with Gasteiger partial charge >= 0.3 is 0 Å². The third-order valence-electron chi connectivity index (χ3n) is 7.59. The molecule has 4 nitrogen and oxygen atoms in total. The zero-order chi connectivity index (χ0) is 32.8. The fraction of sp³-hybridized carbons (Fsp3) is 0.300. The van der Waals surface area contributed by atoms with Gasteiger partial charge < -0.3 is 18.9 Å². The lowest BCUT2D eigenvalue weighted by atomic mass is 9.84. The molecule has 0 heterocycles. The van der Waals surface area contributed by atoms with Crippen molar-refractivity contribution in [3.63, 3.8) is 0 Å². The molecule has 4 aromatic rings. The molecule has 0 spiro atoms. The van der Waals surface area contributed by atoms with Crippen molar-refractivity contribution >= 4 is 36.1 Å². The molecule has 236 valence electrons. The van der Waals surface area contributed by atoms with Gasteiger partial charge in [-0.2, -0.15) is 0 Å². The molecular formula is C40H46O4S. The minimum Gasteiger partial charge on any atom is -0.497 e. The van der Waals surface area contributed by atoms with Crippen molar-refractivity contribution in [1.29, 1.82) is 0 Å². The molecule has 0 unspecified atom stereocenters. The third kappa shape index (κ3) is 8.15. The Bertz CT molecular complexity index is 1530. The first-order valence-corrected chi connectivity index (χ1v) is 16.0. The Morgan fingerprint density at radius 1 is 0.444 bits per heavy atom. The summed E-state index contributed by atoms with van der Waals surface area (Å²) in [6.07, 6.45) is 8.70.